The van der Waals surface area contributed by atoms with Crippen LogP contribution in [0, 0.1) is 0 Å². The van der Waals surface area contributed by atoms with Gasteiger partial charge in [-0.2, -0.15) is 0 Å². The molecule has 0 saturated carbocycles. The van der Waals surface area contributed by atoms with Crippen molar-refractivity contribution < 1.29 is 27.5 Å². The van der Waals surface area contributed by atoms with Gasteiger partial charge < -0.3 is 19.7 Å². The number of anilines is 1. The third-order valence-corrected chi connectivity index (χ3v) is 6.36. The molecule has 0 aliphatic heterocycles. The fraction of sp³-hybridized carbons (Fsp3) is 0.391. The second-order valence-corrected chi connectivity index (χ2v) is 9.33. The van der Waals surface area contributed by atoms with Gasteiger partial charge in [0, 0.05) is 19.7 Å². The summed E-state index contributed by atoms with van der Waals surface area (Å²) in [5, 5.41) is 2.55. The highest BCUT2D eigenvalue weighted by atomic mass is 32.2. The van der Waals surface area contributed by atoms with E-state index in [0.717, 1.165) is 16.1 Å². The molecule has 0 fully saturated rings. The van der Waals surface area contributed by atoms with E-state index in [1.807, 2.05) is 30.3 Å². The lowest BCUT2D eigenvalue weighted by Crippen LogP contribution is -2.51. The van der Waals surface area contributed by atoms with E-state index in [-0.39, 0.29) is 23.9 Å². The van der Waals surface area contributed by atoms with Crippen LogP contribution in [0.3, 0.4) is 0 Å². The molecule has 1 atom stereocenters. The topological polar surface area (TPSA) is 105 Å². The quantitative estimate of drug-likeness (QED) is 0.528. The Kier molecular flexibility index (Phi) is 9.10. The Morgan fingerprint density at radius 1 is 1.06 bits per heavy atom. The van der Waals surface area contributed by atoms with Gasteiger partial charge in [-0.05, 0) is 31.0 Å². The zero-order valence-corrected chi connectivity index (χ0v) is 20.4. The fourth-order valence-corrected chi connectivity index (χ4v) is 4.22. The number of ether oxygens (including phenoxy) is 2. The number of sulfonamides is 1. The summed E-state index contributed by atoms with van der Waals surface area (Å²) < 4.78 is 36.8. The van der Waals surface area contributed by atoms with Crippen molar-refractivity contribution in [1.29, 1.82) is 0 Å². The van der Waals surface area contributed by atoms with Crippen molar-refractivity contribution >= 4 is 27.5 Å². The highest BCUT2D eigenvalue weighted by molar-refractivity contribution is 7.92. The number of methoxy groups -OCH3 is 2. The largest absolute Gasteiger partial charge is 0.497 e. The van der Waals surface area contributed by atoms with Crippen LogP contribution in [0.4, 0.5) is 5.69 Å². The first-order chi connectivity index (χ1) is 15.6. The molecule has 0 aliphatic carbocycles. The average Bonchev–Trinajstić information content (AvgIpc) is 2.81. The first kappa shape index (κ1) is 26.0. The molecule has 2 rings (SSSR count). The van der Waals surface area contributed by atoms with Crippen LogP contribution in [0.15, 0.2) is 48.5 Å². The van der Waals surface area contributed by atoms with Gasteiger partial charge in [0.15, 0.2) is 0 Å². The van der Waals surface area contributed by atoms with Gasteiger partial charge in [-0.15, -0.1) is 0 Å². The second kappa shape index (κ2) is 11.6. The number of hydrogen-bond acceptors (Lipinski definition) is 6. The van der Waals surface area contributed by atoms with Gasteiger partial charge in [-0.1, -0.05) is 30.3 Å². The molecule has 0 aromatic heterocycles. The monoisotopic (exact) mass is 477 g/mol. The van der Waals surface area contributed by atoms with E-state index in [0.29, 0.717) is 12.2 Å². The first-order valence-corrected chi connectivity index (χ1v) is 12.2. The molecule has 0 spiro atoms. The summed E-state index contributed by atoms with van der Waals surface area (Å²) in [5.41, 5.74) is 1.20. The van der Waals surface area contributed by atoms with E-state index in [1.165, 1.54) is 38.3 Å². The third kappa shape index (κ3) is 6.85. The molecule has 0 unspecified atom stereocenters. The number of carbonyl (C=O) groups is 2. The van der Waals surface area contributed by atoms with E-state index in [1.54, 1.807) is 13.0 Å². The van der Waals surface area contributed by atoms with Crippen LogP contribution in [0.5, 0.6) is 11.5 Å². The van der Waals surface area contributed by atoms with Gasteiger partial charge in [-0.25, -0.2) is 8.42 Å². The normalized spacial score (nSPS) is 11.9. The number of benzene rings is 2. The fourth-order valence-electron chi connectivity index (χ4n) is 3.36. The van der Waals surface area contributed by atoms with Crippen molar-refractivity contribution in [3.8, 4) is 11.5 Å². The molecule has 2 amide bonds. The summed E-state index contributed by atoms with van der Waals surface area (Å²) in [7, 11) is 0.523. The van der Waals surface area contributed by atoms with Crippen LogP contribution < -0.4 is 19.1 Å². The minimum Gasteiger partial charge on any atom is -0.497 e. The maximum Gasteiger partial charge on any atom is 0.244 e. The summed E-state index contributed by atoms with van der Waals surface area (Å²) >= 11 is 0. The van der Waals surface area contributed by atoms with Crippen LogP contribution in [-0.2, 0) is 26.0 Å². The Labute approximate surface area is 195 Å². The second-order valence-electron chi connectivity index (χ2n) is 7.42. The Morgan fingerprint density at radius 2 is 1.73 bits per heavy atom. The van der Waals surface area contributed by atoms with E-state index in [2.05, 4.69) is 5.32 Å². The lowest BCUT2D eigenvalue weighted by molar-refractivity contribution is -0.138. The van der Waals surface area contributed by atoms with Gasteiger partial charge in [0.05, 0.1) is 26.2 Å². The molecule has 0 radical (unpaired) electrons. The van der Waals surface area contributed by atoms with Crippen LogP contribution in [0.1, 0.15) is 12.5 Å². The number of rotatable bonds is 11. The van der Waals surface area contributed by atoms with Crippen molar-refractivity contribution in [2.75, 3.05) is 44.9 Å². The maximum atomic E-state index is 13.4. The molecule has 180 valence electrons. The predicted octanol–water partition coefficient (Wildman–Crippen LogP) is 1.68. The summed E-state index contributed by atoms with van der Waals surface area (Å²) in [6.45, 7) is 1.37. The van der Waals surface area contributed by atoms with Crippen molar-refractivity contribution in [2.45, 2.75) is 19.4 Å². The zero-order valence-electron chi connectivity index (χ0n) is 19.6. The zero-order chi connectivity index (χ0) is 24.6. The van der Waals surface area contributed by atoms with Crippen LogP contribution in [0.25, 0.3) is 0 Å². The molecular formula is C23H31N3O6S. The molecule has 10 heteroatoms. The molecule has 1 N–H and O–H groups in total. The smallest absolute Gasteiger partial charge is 0.244 e. The lowest BCUT2D eigenvalue weighted by Gasteiger charge is -2.31. The lowest BCUT2D eigenvalue weighted by atomic mass is 10.1. The number of nitrogens with zero attached hydrogens (tertiary/aromatic N) is 2. The molecule has 0 bridgehead atoms. The Bertz CT molecular complexity index is 1060. The highest BCUT2D eigenvalue weighted by Crippen LogP contribution is 2.33. The van der Waals surface area contributed by atoms with Crippen molar-refractivity contribution in [3.05, 3.63) is 54.1 Å². The molecule has 2 aromatic carbocycles. The third-order valence-electron chi connectivity index (χ3n) is 5.23. The highest BCUT2D eigenvalue weighted by Gasteiger charge is 2.30. The molecule has 9 nitrogen and oxygen atoms in total. The molecular weight excluding hydrogens is 446 g/mol. The predicted molar refractivity (Wildman–Crippen MR) is 127 cm³/mol. The van der Waals surface area contributed by atoms with Gasteiger partial charge in [-0.3, -0.25) is 13.9 Å². The number of likely N-dealkylation sites (N-methyl/N-ethyl adjacent to an activating group) is 1. The number of nitrogens with one attached hydrogen (secondary N) is 1. The van der Waals surface area contributed by atoms with E-state index in [9.17, 15) is 18.0 Å². The van der Waals surface area contributed by atoms with E-state index < -0.39 is 28.5 Å². The number of amides is 2. The SMILES string of the molecule is CNC(=O)[C@H](C)N(CCc1ccccc1)C(=O)CN(c1ccc(OC)cc1OC)S(C)(=O)=O. The van der Waals surface area contributed by atoms with Gasteiger partial charge in [0.2, 0.25) is 21.8 Å². The summed E-state index contributed by atoms with van der Waals surface area (Å²) in [4.78, 5) is 27.1. The van der Waals surface area contributed by atoms with Gasteiger partial charge in [0.25, 0.3) is 0 Å². The van der Waals surface area contributed by atoms with E-state index in [4.69, 9.17) is 9.47 Å². The summed E-state index contributed by atoms with van der Waals surface area (Å²) in [5.74, 6) is -0.134. The Morgan fingerprint density at radius 3 is 2.27 bits per heavy atom. The van der Waals surface area contributed by atoms with Crippen LogP contribution in [-0.4, -0.2) is 71.8 Å². The average molecular weight is 478 g/mol. The summed E-state index contributed by atoms with van der Waals surface area (Å²) in [6, 6.07) is 13.4. The number of hydrogen-bond donors (Lipinski definition) is 1. The number of carbonyl (C=O) groups excluding carboxylic acids is 2. The minimum absolute atomic E-state index is 0.199. The summed E-state index contributed by atoms with van der Waals surface area (Å²) in [6.07, 6.45) is 1.53. The molecule has 0 heterocycles. The van der Waals surface area contributed by atoms with Crippen LogP contribution in [0.2, 0.25) is 0 Å². The van der Waals surface area contributed by atoms with Crippen molar-refractivity contribution in [2.24, 2.45) is 0 Å². The minimum atomic E-state index is -3.85. The molecule has 2 aromatic rings. The Balaban J connectivity index is 2.37. The maximum absolute atomic E-state index is 13.4. The van der Waals surface area contributed by atoms with Crippen molar-refractivity contribution in [3.63, 3.8) is 0 Å². The van der Waals surface area contributed by atoms with Gasteiger partial charge in [0.1, 0.15) is 24.1 Å². The molecule has 33 heavy (non-hydrogen) atoms. The van der Waals surface area contributed by atoms with E-state index >= 15 is 0 Å². The van der Waals surface area contributed by atoms with Gasteiger partial charge >= 0.3 is 0 Å². The first-order valence-electron chi connectivity index (χ1n) is 10.4. The van der Waals surface area contributed by atoms with Crippen molar-refractivity contribution in [1.82, 2.24) is 10.2 Å². The van der Waals surface area contributed by atoms with Crippen LogP contribution >= 0.6 is 0 Å². The molecule has 0 saturated heterocycles. The molecule has 0 aliphatic rings. The standard InChI is InChI=1S/C23H31N3O6S/c1-17(23(28)24-2)25(14-13-18-9-7-6-8-10-18)22(27)16-26(33(5,29)30)20-12-11-19(31-3)15-21(20)32-4/h6-12,15,17H,13-14,16H2,1-5H3,(H,24,28)/t17-/m0/s1. The Hall–Kier alpha value is -3.27.